The summed E-state index contributed by atoms with van der Waals surface area (Å²) < 4.78 is 10.9. The number of amides is 2. The summed E-state index contributed by atoms with van der Waals surface area (Å²) in [5, 5.41) is 0.331. The molecule has 8 heteroatoms. The number of hydrogen-bond acceptors (Lipinski definition) is 6. The van der Waals surface area contributed by atoms with Crippen LogP contribution in [0.5, 0.6) is 0 Å². The highest BCUT2D eigenvalue weighted by Crippen LogP contribution is 2.34. The maximum Gasteiger partial charge on any atom is 0.420 e. The Labute approximate surface area is 176 Å². The maximum absolute atomic E-state index is 12.8. The summed E-state index contributed by atoms with van der Waals surface area (Å²) in [7, 11) is 0. The van der Waals surface area contributed by atoms with E-state index >= 15 is 0 Å². The SMILES string of the molecule is CC(C)(C)OC(=O)N(C(=O)OC(C)(C)C)[C@H]1CCC(=O)[C@@H](c2ccc(Cl)nc2)C1. The number of imide groups is 1. The van der Waals surface area contributed by atoms with Gasteiger partial charge >= 0.3 is 12.2 Å². The van der Waals surface area contributed by atoms with Crippen LogP contribution in [0.1, 0.15) is 72.3 Å². The normalized spacial score (nSPS) is 20.2. The molecule has 1 aliphatic rings. The van der Waals surface area contributed by atoms with Crippen LogP contribution in [0.15, 0.2) is 18.3 Å². The van der Waals surface area contributed by atoms with Gasteiger partial charge in [-0.3, -0.25) is 4.79 Å². The molecule has 0 aromatic carbocycles. The quantitative estimate of drug-likeness (QED) is 0.613. The number of halogens is 1. The van der Waals surface area contributed by atoms with Gasteiger partial charge in [0.05, 0.1) is 0 Å². The molecule has 0 aliphatic heterocycles. The molecule has 1 aromatic rings. The van der Waals surface area contributed by atoms with Crippen molar-refractivity contribution in [3.8, 4) is 0 Å². The van der Waals surface area contributed by atoms with Gasteiger partial charge in [-0.25, -0.2) is 19.5 Å². The Balaban J connectivity index is 2.30. The van der Waals surface area contributed by atoms with Gasteiger partial charge in [-0.05, 0) is 66.0 Å². The van der Waals surface area contributed by atoms with E-state index in [0.29, 0.717) is 17.1 Å². The molecule has 29 heavy (non-hydrogen) atoms. The van der Waals surface area contributed by atoms with Crippen molar-refractivity contribution in [2.24, 2.45) is 0 Å². The number of rotatable bonds is 2. The van der Waals surface area contributed by atoms with Gasteiger partial charge in [-0.15, -0.1) is 0 Å². The molecular formula is C21H29ClN2O5. The molecule has 0 saturated heterocycles. The molecule has 1 aliphatic carbocycles. The Kier molecular flexibility index (Phi) is 6.93. The fourth-order valence-corrected chi connectivity index (χ4v) is 3.26. The first-order valence-corrected chi connectivity index (χ1v) is 10.0. The molecule has 0 bridgehead atoms. The molecule has 1 heterocycles. The number of hydrogen-bond donors (Lipinski definition) is 0. The van der Waals surface area contributed by atoms with Crippen LogP contribution in [-0.2, 0) is 14.3 Å². The minimum absolute atomic E-state index is 0.0405. The summed E-state index contributed by atoms with van der Waals surface area (Å²) in [4.78, 5) is 43.3. The Morgan fingerprint density at radius 1 is 1.07 bits per heavy atom. The molecule has 1 saturated carbocycles. The van der Waals surface area contributed by atoms with Crippen LogP contribution in [-0.4, -0.2) is 45.1 Å². The molecule has 7 nitrogen and oxygen atoms in total. The van der Waals surface area contributed by atoms with Crippen LogP contribution in [0.25, 0.3) is 0 Å². The lowest BCUT2D eigenvalue weighted by molar-refractivity contribution is -0.123. The molecule has 0 N–H and O–H groups in total. The second-order valence-corrected chi connectivity index (χ2v) is 9.58. The highest BCUT2D eigenvalue weighted by molar-refractivity contribution is 6.29. The van der Waals surface area contributed by atoms with Crippen LogP contribution >= 0.6 is 11.6 Å². The zero-order valence-electron chi connectivity index (χ0n) is 17.8. The Morgan fingerprint density at radius 2 is 1.62 bits per heavy atom. The smallest absolute Gasteiger partial charge is 0.420 e. The topological polar surface area (TPSA) is 85.8 Å². The fraction of sp³-hybridized carbons (Fsp3) is 0.619. The van der Waals surface area contributed by atoms with E-state index in [0.717, 1.165) is 4.90 Å². The summed E-state index contributed by atoms with van der Waals surface area (Å²) in [5.74, 6) is -0.440. The van der Waals surface area contributed by atoms with Crippen molar-refractivity contribution >= 4 is 29.6 Å². The number of nitrogens with zero attached hydrogens (tertiary/aromatic N) is 2. The minimum atomic E-state index is -0.779. The molecule has 0 radical (unpaired) electrons. The van der Waals surface area contributed by atoms with E-state index in [1.54, 1.807) is 59.9 Å². The predicted molar refractivity (Wildman–Crippen MR) is 109 cm³/mol. The molecule has 2 atom stereocenters. The van der Waals surface area contributed by atoms with Gasteiger partial charge in [0.2, 0.25) is 0 Å². The van der Waals surface area contributed by atoms with Gasteiger partial charge in [0.1, 0.15) is 22.1 Å². The third-order valence-electron chi connectivity index (χ3n) is 4.32. The van der Waals surface area contributed by atoms with Gasteiger partial charge in [0, 0.05) is 24.6 Å². The number of ketones is 1. The zero-order chi connectivity index (χ0) is 22.0. The van der Waals surface area contributed by atoms with Gasteiger partial charge in [0.25, 0.3) is 0 Å². The lowest BCUT2D eigenvalue weighted by atomic mass is 9.80. The van der Waals surface area contributed by atoms with Crippen LogP contribution in [0.2, 0.25) is 5.15 Å². The van der Waals surface area contributed by atoms with Crippen LogP contribution in [0.3, 0.4) is 0 Å². The van der Waals surface area contributed by atoms with Crippen molar-refractivity contribution in [1.82, 2.24) is 9.88 Å². The van der Waals surface area contributed by atoms with E-state index in [2.05, 4.69) is 4.98 Å². The molecule has 1 aromatic heterocycles. The number of aromatic nitrogens is 1. The van der Waals surface area contributed by atoms with Gasteiger partial charge in [0.15, 0.2) is 0 Å². The third kappa shape index (κ3) is 6.70. The maximum atomic E-state index is 12.8. The fourth-order valence-electron chi connectivity index (χ4n) is 3.15. The van der Waals surface area contributed by atoms with E-state index in [1.807, 2.05) is 0 Å². The van der Waals surface area contributed by atoms with Gasteiger partial charge < -0.3 is 9.47 Å². The molecular weight excluding hydrogens is 396 g/mol. The molecule has 2 amide bonds. The molecule has 160 valence electrons. The highest BCUT2D eigenvalue weighted by atomic mass is 35.5. The number of pyridine rings is 1. The van der Waals surface area contributed by atoms with Crippen LogP contribution in [0, 0.1) is 0 Å². The number of Topliss-reactive ketones (excluding diaryl/α,β-unsaturated/α-hetero) is 1. The lowest BCUT2D eigenvalue weighted by Crippen LogP contribution is -2.51. The van der Waals surface area contributed by atoms with Crippen molar-refractivity contribution in [3.63, 3.8) is 0 Å². The summed E-state index contributed by atoms with van der Waals surface area (Å²) >= 11 is 5.85. The molecule has 1 fully saturated rings. The summed E-state index contributed by atoms with van der Waals surface area (Å²) in [5.41, 5.74) is -0.847. The van der Waals surface area contributed by atoms with Crippen LogP contribution in [0.4, 0.5) is 9.59 Å². The lowest BCUT2D eigenvalue weighted by Gasteiger charge is -2.37. The molecule has 2 rings (SSSR count). The number of carbonyl (C=O) groups excluding carboxylic acids is 3. The monoisotopic (exact) mass is 424 g/mol. The van der Waals surface area contributed by atoms with E-state index in [9.17, 15) is 14.4 Å². The average Bonchev–Trinajstić information content (AvgIpc) is 2.54. The van der Waals surface area contributed by atoms with E-state index in [1.165, 1.54) is 0 Å². The van der Waals surface area contributed by atoms with Gasteiger partial charge in [-0.1, -0.05) is 17.7 Å². The molecule has 0 spiro atoms. The summed E-state index contributed by atoms with van der Waals surface area (Å²) in [6, 6.07) is 2.83. The summed E-state index contributed by atoms with van der Waals surface area (Å²) in [6.45, 7) is 10.4. The van der Waals surface area contributed by atoms with Crippen molar-refractivity contribution in [2.75, 3.05) is 0 Å². The van der Waals surface area contributed by atoms with Crippen molar-refractivity contribution < 1.29 is 23.9 Å². The zero-order valence-corrected chi connectivity index (χ0v) is 18.6. The third-order valence-corrected chi connectivity index (χ3v) is 4.54. The average molecular weight is 425 g/mol. The molecule has 0 unspecified atom stereocenters. The first kappa shape index (κ1) is 23.1. The van der Waals surface area contributed by atoms with Crippen molar-refractivity contribution in [3.05, 3.63) is 29.0 Å². The van der Waals surface area contributed by atoms with E-state index in [4.69, 9.17) is 21.1 Å². The van der Waals surface area contributed by atoms with Crippen molar-refractivity contribution in [1.29, 1.82) is 0 Å². The van der Waals surface area contributed by atoms with Crippen LogP contribution < -0.4 is 0 Å². The Hall–Kier alpha value is -2.15. The van der Waals surface area contributed by atoms with Crippen molar-refractivity contribution in [2.45, 2.75) is 84.0 Å². The van der Waals surface area contributed by atoms with E-state index in [-0.39, 0.29) is 18.6 Å². The second kappa shape index (κ2) is 8.69. The standard InChI is InChI=1S/C21H29ClN2O5/c1-20(2,3)28-18(26)24(19(27)29-21(4,5)6)14-8-9-16(25)15(11-14)13-7-10-17(22)23-12-13/h7,10,12,14-15H,8-9,11H2,1-6H3/t14-,15+/m0/s1. The Morgan fingerprint density at radius 3 is 2.07 bits per heavy atom. The highest BCUT2D eigenvalue weighted by Gasteiger charge is 2.41. The predicted octanol–water partition coefficient (Wildman–Crippen LogP) is 5.11. The first-order chi connectivity index (χ1) is 13.3. The number of ether oxygens (including phenoxy) is 2. The first-order valence-electron chi connectivity index (χ1n) is 9.66. The van der Waals surface area contributed by atoms with Gasteiger partial charge in [-0.2, -0.15) is 0 Å². The summed E-state index contributed by atoms with van der Waals surface area (Å²) in [6.07, 6.45) is 0.867. The largest absolute Gasteiger partial charge is 0.443 e. The van der Waals surface area contributed by atoms with E-state index < -0.39 is 35.3 Å². The minimum Gasteiger partial charge on any atom is -0.443 e. The number of carbonyl (C=O) groups is 3. The second-order valence-electron chi connectivity index (χ2n) is 9.19. The Bertz CT molecular complexity index is 737.